The van der Waals surface area contributed by atoms with E-state index >= 15 is 0 Å². The normalized spacial score (nSPS) is 25.3. The fourth-order valence-corrected chi connectivity index (χ4v) is 7.19. The van der Waals surface area contributed by atoms with Gasteiger partial charge in [0.25, 0.3) is 5.91 Å². The average molecular weight is 754 g/mol. The first-order valence-corrected chi connectivity index (χ1v) is 18.3. The molecule has 2 unspecified atom stereocenters. The molecule has 284 valence electrons. The third kappa shape index (κ3) is 8.08. The Hall–Kier alpha value is -4.55. The minimum Gasteiger partial charge on any atom is -0.497 e. The fourth-order valence-electron chi connectivity index (χ4n) is 6.65. The van der Waals surface area contributed by atoms with E-state index in [1.165, 1.54) is 18.0 Å². The van der Waals surface area contributed by atoms with Gasteiger partial charge in [-0.1, -0.05) is 26.8 Å². The Morgan fingerprint density at radius 2 is 1.75 bits per heavy atom. The molecule has 0 radical (unpaired) electrons. The molecule has 0 aliphatic heterocycles. The van der Waals surface area contributed by atoms with Crippen molar-refractivity contribution in [2.75, 3.05) is 7.11 Å². The van der Waals surface area contributed by atoms with Crippen LogP contribution >= 0.6 is 0 Å². The van der Waals surface area contributed by atoms with E-state index in [0.717, 1.165) is 11.1 Å². The molecule has 2 aromatic rings. The topological polar surface area (TPSA) is 201 Å². The van der Waals surface area contributed by atoms with Crippen LogP contribution in [0.25, 0.3) is 11.4 Å². The van der Waals surface area contributed by atoms with Crippen LogP contribution in [0.3, 0.4) is 0 Å². The summed E-state index contributed by atoms with van der Waals surface area (Å²) in [4.78, 5) is 55.9. The summed E-state index contributed by atoms with van der Waals surface area (Å²) in [6.07, 6.45) is 2.48. The number of Topliss-reactive ketones (excluding diaryl/α,β-unsaturated/α-hetero) is 1. The second kappa shape index (κ2) is 14.5. The Balaban J connectivity index is 1.44. The summed E-state index contributed by atoms with van der Waals surface area (Å²) in [5.74, 6) is -5.16. The first-order chi connectivity index (χ1) is 24.3. The van der Waals surface area contributed by atoms with Crippen LogP contribution in [0.5, 0.6) is 5.75 Å². The SMILES string of the molecule is C=CC[C@@H]1C[C@@]1(NC(=O)[C@@H]1C[C@@H](n2nnc(-c3ccc(OC)cc3)n2)CC1C(=O)C(NC(=O)OC1CCC1)C(C)(C)C)C(=O)NS(=O)(=O)C(F)(F)F. The number of allylic oxidation sites excluding steroid dienone is 1. The highest BCUT2D eigenvalue weighted by atomic mass is 32.2. The number of hydrogen-bond donors (Lipinski definition) is 3. The molecule has 3 N–H and O–H groups in total. The van der Waals surface area contributed by atoms with Crippen molar-refractivity contribution in [2.45, 2.75) is 95.0 Å². The lowest BCUT2D eigenvalue weighted by Gasteiger charge is -2.34. The maximum Gasteiger partial charge on any atom is 0.516 e. The van der Waals surface area contributed by atoms with Crippen molar-refractivity contribution >= 4 is 33.7 Å². The number of carbonyl (C=O) groups excluding carboxylic acids is 4. The number of amides is 3. The van der Waals surface area contributed by atoms with E-state index in [2.05, 4.69) is 32.6 Å². The number of aromatic nitrogens is 4. The Kier molecular flexibility index (Phi) is 10.8. The zero-order valence-electron chi connectivity index (χ0n) is 29.1. The number of ketones is 1. The number of alkyl carbamates (subject to hydrolysis) is 1. The van der Waals surface area contributed by atoms with Crippen molar-refractivity contribution in [1.29, 1.82) is 0 Å². The Bertz CT molecular complexity index is 1810. The van der Waals surface area contributed by atoms with Gasteiger partial charge in [0.05, 0.1) is 19.2 Å². The lowest BCUT2D eigenvalue weighted by molar-refractivity contribution is -0.137. The molecule has 19 heteroatoms. The van der Waals surface area contributed by atoms with Gasteiger partial charge in [0, 0.05) is 17.4 Å². The van der Waals surface area contributed by atoms with E-state index in [1.54, 1.807) is 45.0 Å². The van der Waals surface area contributed by atoms with Crippen molar-refractivity contribution in [1.82, 2.24) is 35.6 Å². The van der Waals surface area contributed by atoms with Crippen molar-refractivity contribution in [2.24, 2.45) is 23.2 Å². The monoisotopic (exact) mass is 753 g/mol. The van der Waals surface area contributed by atoms with Crippen LogP contribution in [0.1, 0.15) is 71.8 Å². The lowest BCUT2D eigenvalue weighted by Crippen LogP contribution is -2.56. The molecule has 3 saturated carbocycles. The van der Waals surface area contributed by atoms with Gasteiger partial charge in [-0.2, -0.15) is 26.4 Å². The minimum absolute atomic E-state index is 0.000991. The number of alkyl halides is 3. The number of rotatable bonds is 13. The van der Waals surface area contributed by atoms with Crippen LogP contribution in [0.4, 0.5) is 18.0 Å². The zero-order chi connectivity index (χ0) is 38.2. The molecule has 3 amide bonds. The number of nitrogens with zero attached hydrogens (tertiary/aromatic N) is 4. The molecule has 0 bridgehead atoms. The molecular weight excluding hydrogens is 711 g/mol. The summed E-state index contributed by atoms with van der Waals surface area (Å²) >= 11 is 0. The van der Waals surface area contributed by atoms with Gasteiger partial charge in [0.1, 0.15) is 17.4 Å². The number of halogens is 3. The van der Waals surface area contributed by atoms with E-state index in [4.69, 9.17) is 9.47 Å². The number of sulfonamides is 1. The van der Waals surface area contributed by atoms with Gasteiger partial charge in [-0.15, -0.1) is 16.8 Å². The van der Waals surface area contributed by atoms with Crippen LogP contribution in [-0.2, 0) is 29.1 Å². The predicted octanol–water partition coefficient (Wildman–Crippen LogP) is 3.60. The van der Waals surface area contributed by atoms with Gasteiger partial charge in [0.15, 0.2) is 5.78 Å². The van der Waals surface area contributed by atoms with Gasteiger partial charge in [0.2, 0.25) is 11.7 Å². The fraction of sp³-hybridized carbons (Fsp3) is 0.606. The molecule has 52 heavy (non-hydrogen) atoms. The average Bonchev–Trinajstić information content (AvgIpc) is 3.37. The van der Waals surface area contributed by atoms with Gasteiger partial charge < -0.3 is 20.1 Å². The molecule has 0 saturated heterocycles. The number of nitrogens with one attached hydrogen (secondary N) is 3. The highest BCUT2D eigenvalue weighted by Crippen LogP contribution is 2.49. The summed E-state index contributed by atoms with van der Waals surface area (Å²) < 4.78 is 75.0. The van der Waals surface area contributed by atoms with Crippen LogP contribution in [0, 0.1) is 23.2 Å². The van der Waals surface area contributed by atoms with E-state index in [-0.39, 0.29) is 37.6 Å². The summed E-state index contributed by atoms with van der Waals surface area (Å²) in [6.45, 7) is 8.76. The summed E-state index contributed by atoms with van der Waals surface area (Å²) in [5, 5.41) is 18.0. The highest BCUT2D eigenvalue weighted by molar-refractivity contribution is 7.90. The number of carbonyl (C=O) groups is 4. The largest absolute Gasteiger partial charge is 0.516 e. The number of hydrogen-bond acceptors (Lipinski definition) is 11. The molecule has 15 nitrogen and oxygen atoms in total. The third-order valence-corrected chi connectivity index (χ3v) is 11.0. The number of ether oxygens (including phenoxy) is 2. The molecule has 1 heterocycles. The molecule has 0 spiro atoms. The maximum absolute atomic E-state index is 14.4. The Labute approximate surface area is 298 Å². The van der Waals surface area contributed by atoms with Crippen LogP contribution in [0.2, 0.25) is 0 Å². The lowest BCUT2D eigenvalue weighted by atomic mass is 9.77. The zero-order valence-corrected chi connectivity index (χ0v) is 29.9. The quantitative estimate of drug-likeness (QED) is 0.253. The smallest absolute Gasteiger partial charge is 0.497 e. The molecule has 3 aliphatic rings. The molecule has 6 atom stereocenters. The molecule has 3 fully saturated rings. The van der Waals surface area contributed by atoms with Crippen molar-refractivity contribution in [3.8, 4) is 17.1 Å². The highest BCUT2D eigenvalue weighted by Gasteiger charge is 2.63. The first-order valence-electron chi connectivity index (χ1n) is 16.8. The van der Waals surface area contributed by atoms with Crippen molar-refractivity contribution in [3.05, 3.63) is 36.9 Å². The van der Waals surface area contributed by atoms with E-state index in [0.29, 0.717) is 24.2 Å². The number of benzene rings is 1. The van der Waals surface area contributed by atoms with Crippen LogP contribution < -0.4 is 20.1 Å². The van der Waals surface area contributed by atoms with Gasteiger partial charge in [-0.05, 0) is 85.8 Å². The predicted molar refractivity (Wildman–Crippen MR) is 177 cm³/mol. The van der Waals surface area contributed by atoms with Gasteiger partial charge in [-0.3, -0.25) is 14.4 Å². The first kappa shape index (κ1) is 38.7. The Morgan fingerprint density at radius 3 is 2.31 bits per heavy atom. The summed E-state index contributed by atoms with van der Waals surface area (Å²) in [6, 6.07) is 5.03. The van der Waals surface area contributed by atoms with Gasteiger partial charge in [-0.25, -0.2) is 9.52 Å². The molecular formula is C33H42F3N7O8S. The van der Waals surface area contributed by atoms with Crippen molar-refractivity contribution < 1.29 is 50.2 Å². The summed E-state index contributed by atoms with van der Waals surface area (Å²) in [7, 11) is -4.57. The summed E-state index contributed by atoms with van der Waals surface area (Å²) in [5.41, 5.74) is -8.05. The van der Waals surface area contributed by atoms with E-state index < -0.39 is 80.0 Å². The standard InChI is InChI=1S/C33H42F3N7O8S/c1-6-8-19-17-32(19,29(46)41-52(48,49)33(34,35)36)38-28(45)24-16-20(43-40-27(39-42-43)18-11-13-21(50-5)14-12-18)15-23(24)25(44)26(31(2,3)4)37-30(47)51-22-9-7-10-22/h6,11-14,19-20,22-24,26H,1,7-10,15-17H2,2-5H3,(H,37,47)(H,38,45)(H,41,46)/t19-,20+,23?,24-,26?,32+/m1/s1. The van der Waals surface area contributed by atoms with E-state index in [1.807, 2.05) is 0 Å². The van der Waals surface area contributed by atoms with Gasteiger partial charge >= 0.3 is 21.6 Å². The van der Waals surface area contributed by atoms with Crippen molar-refractivity contribution in [3.63, 3.8) is 0 Å². The van der Waals surface area contributed by atoms with Crippen LogP contribution in [-0.4, -0.2) is 82.6 Å². The third-order valence-electron chi connectivity index (χ3n) is 9.92. The van der Waals surface area contributed by atoms with E-state index in [9.17, 15) is 40.8 Å². The molecule has 3 aliphatic carbocycles. The second-order valence-corrected chi connectivity index (χ2v) is 16.2. The molecule has 1 aromatic heterocycles. The number of tetrazole rings is 1. The number of methoxy groups -OCH3 is 1. The molecule has 1 aromatic carbocycles. The molecule has 5 rings (SSSR count). The Morgan fingerprint density at radius 1 is 1.10 bits per heavy atom. The maximum atomic E-state index is 14.4. The minimum atomic E-state index is -6.09. The van der Waals surface area contributed by atoms with Crippen LogP contribution in [0.15, 0.2) is 36.9 Å². The second-order valence-electron chi connectivity index (χ2n) is 14.6.